The largest absolute Gasteiger partial charge is 0.374 e. The fraction of sp³-hybridized carbons (Fsp3) is 0.462. The molecule has 0 spiro atoms. The monoisotopic (exact) mass is 324 g/mol. The van der Waals surface area contributed by atoms with E-state index in [1.54, 1.807) is 6.92 Å². The van der Waals surface area contributed by atoms with Gasteiger partial charge in [0.2, 0.25) is 0 Å². The molecule has 0 aliphatic heterocycles. The molecule has 116 valence electrons. The van der Waals surface area contributed by atoms with Gasteiger partial charge in [0.25, 0.3) is 6.43 Å². The van der Waals surface area contributed by atoms with Crippen LogP contribution in [0.4, 0.5) is 17.6 Å². The molecule has 2 rings (SSSR count). The van der Waals surface area contributed by atoms with Crippen LogP contribution in [0.15, 0.2) is 12.1 Å². The van der Waals surface area contributed by atoms with Crippen LogP contribution in [0.1, 0.15) is 18.1 Å². The van der Waals surface area contributed by atoms with Crippen LogP contribution in [0, 0.1) is 11.6 Å². The number of aromatic nitrogens is 2. The average molecular weight is 325 g/mol. The summed E-state index contributed by atoms with van der Waals surface area (Å²) in [5, 5.41) is -0.546. The van der Waals surface area contributed by atoms with E-state index in [9.17, 15) is 17.6 Å². The lowest BCUT2D eigenvalue weighted by atomic mass is 10.3. The van der Waals surface area contributed by atoms with Crippen LogP contribution < -0.4 is 0 Å². The molecular formula is C13H13ClF4N2O. The Bertz CT molecular complexity index is 630. The molecule has 0 bridgehead atoms. The molecule has 0 aliphatic carbocycles. The summed E-state index contributed by atoms with van der Waals surface area (Å²) >= 11 is 5.97. The Labute approximate surface area is 123 Å². The summed E-state index contributed by atoms with van der Waals surface area (Å²) in [6, 6.07) is 1.86. The van der Waals surface area contributed by atoms with Gasteiger partial charge in [-0.2, -0.15) is 0 Å². The topological polar surface area (TPSA) is 27.1 Å². The fourth-order valence-corrected chi connectivity index (χ4v) is 2.20. The standard InChI is InChI=1S/C13H13ClF4N2O/c1-7(14)13-19-12-9(16)4-8(15)5-10(12)20(13)2-3-21-6-11(17)18/h4-5,7,11H,2-3,6H2,1H3. The summed E-state index contributed by atoms with van der Waals surface area (Å²) in [6.45, 7) is 1.03. The lowest BCUT2D eigenvalue weighted by Crippen LogP contribution is -2.13. The third-order valence-electron chi connectivity index (χ3n) is 2.86. The minimum Gasteiger partial charge on any atom is -0.374 e. The fourth-order valence-electron chi connectivity index (χ4n) is 2.03. The molecule has 1 heterocycles. The second kappa shape index (κ2) is 6.62. The van der Waals surface area contributed by atoms with Crippen molar-refractivity contribution in [2.45, 2.75) is 25.3 Å². The molecule has 0 fully saturated rings. The summed E-state index contributed by atoms with van der Waals surface area (Å²) < 4.78 is 57.3. The maximum Gasteiger partial charge on any atom is 0.261 e. The number of fused-ring (bicyclic) bond motifs is 1. The highest BCUT2D eigenvalue weighted by Crippen LogP contribution is 2.26. The molecule has 21 heavy (non-hydrogen) atoms. The number of hydrogen-bond acceptors (Lipinski definition) is 2. The van der Waals surface area contributed by atoms with Gasteiger partial charge in [-0.05, 0) is 13.0 Å². The molecule has 8 heteroatoms. The summed E-state index contributed by atoms with van der Waals surface area (Å²) in [6.07, 6.45) is -2.56. The summed E-state index contributed by atoms with van der Waals surface area (Å²) in [5.41, 5.74) is 0.211. The third-order valence-corrected chi connectivity index (χ3v) is 3.06. The van der Waals surface area contributed by atoms with E-state index in [1.165, 1.54) is 4.57 Å². The Morgan fingerprint density at radius 1 is 1.33 bits per heavy atom. The van der Waals surface area contributed by atoms with Crippen molar-refractivity contribution in [2.75, 3.05) is 13.2 Å². The van der Waals surface area contributed by atoms with Crippen LogP contribution in [0.3, 0.4) is 0 Å². The molecule has 1 aromatic heterocycles. The Morgan fingerprint density at radius 2 is 2.05 bits per heavy atom. The first-order valence-electron chi connectivity index (χ1n) is 6.25. The lowest BCUT2D eigenvalue weighted by molar-refractivity contribution is 0.0148. The van der Waals surface area contributed by atoms with Crippen molar-refractivity contribution in [1.29, 1.82) is 0 Å². The normalized spacial score (nSPS) is 13.3. The van der Waals surface area contributed by atoms with E-state index in [2.05, 4.69) is 4.98 Å². The predicted octanol–water partition coefficient (Wildman–Crippen LogP) is 3.90. The quantitative estimate of drug-likeness (QED) is 0.458. The maximum atomic E-state index is 13.7. The number of hydrogen-bond donors (Lipinski definition) is 0. The Kier molecular flexibility index (Phi) is 5.05. The van der Waals surface area contributed by atoms with E-state index in [0.717, 1.165) is 12.1 Å². The van der Waals surface area contributed by atoms with Gasteiger partial charge < -0.3 is 9.30 Å². The molecule has 0 saturated carbocycles. The highest BCUT2D eigenvalue weighted by atomic mass is 35.5. The minimum atomic E-state index is -2.56. The molecule has 0 amide bonds. The zero-order valence-electron chi connectivity index (χ0n) is 11.1. The van der Waals surface area contributed by atoms with E-state index in [1.807, 2.05) is 0 Å². The summed E-state index contributed by atoms with van der Waals surface area (Å²) in [7, 11) is 0. The molecule has 1 unspecified atom stereocenters. The predicted molar refractivity (Wildman–Crippen MR) is 70.7 cm³/mol. The van der Waals surface area contributed by atoms with Crippen molar-refractivity contribution in [2.24, 2.45) is 0 Å². The van der Waals surface area contributed by atoms with Crippen LogP contribution >= 0.6 is 11.6 Å². The third kappa shape index (κ3) is 3.65. The average Bonchev–Trinajstić information content (AvgIpc) is 2.73. The number of nitrogens with zero attached hydrogens (tertiary/aromatic N) is 2. The van der Waals surface area contributed by atoms with Gasteiger partial charge in [-0.3, -0.25) is 0 Å². The van der Waals surface area contributed by atoms with Gasteiger partial charge in [-0.1, -0.05) is 0 Å². The molecule has 0 aliphatic rings. The van der Waals surface area contributed by atoms with Crippen molar-refractivity contribution in [1.82, 2.24) is 9.55 Å². The number of ether oxygens (including phenoxy) is 1. The van der Waals surface area contributed by atoms with E-state index in [0.29, 0.717) is 5.82 Å². The summed E-state index contributed by atoms with van der Waals surface area (Å²) in [4.78, 5) is 4.05. The number of halogens is 5. The zero-order valence-corrected chi connectivity index (χ0v) is 11.9. The van der Waals surface area contributed by atoms with Gasteiger partial charge in [0.15, 0.2) is 5.82 Å². The van der Waals surface area contributed by atoms with Crippen LogP contribution in [-0.2, 0) is 11.3 Å². The highest BCUT2D eigenvalue weighted by Gasteiger charge is 2.18. The molecule has 0 N–H and O–H groups in total. The Balaban J connectivity index is 2.32. The van der Waals surface area contributed by atoms with Gasteiger partial charge in [0.05, 0.1) is 17.5 Å². The number of benzene rings is 1. The van der Waals surface area contributed by atoms with E-state index in [-0.39, 0.29) is 24.2 Å². The van der Waals surface area contributed by atoms with Crippen molar-refractivity contribution in [3.05, 3.63) is 29.6 Å². The molecule has 0 radical (unpaired) electrons. The van der Waals surface area contributed by atoms with Gasteiger partial charge >= 0.3 is 0 Å². The van der Waals surface area contributed by atoms with Gasteiger partial charge in [0, 0.05) is 12.6 Å². The van der Waals surface area contributed by atoms with Gasteiger partial charge in [-0.15, -0.1) is 11.6 Å². The lowest BCUT2D eigenvalue weighted by Gasteiger charge is -2.11. The number of rotatable bonds is 6. The maximum absolute atomic E-state index is 13.7. The minimum absolute atomic E-state index is 0.00670. The van der Waals surface area contributed by atoms with E-state index < -0.39 is 30.0 Å². The van der Waals surface area contributed by atoms with Crippen LogP contribution in [0.25, 0.3) is 11.0 Å². The van der Waals surface area contributed by atoms with Crippen LogP contribution in [0.5, 0.6) is 0 Å². The second-order valence-corrected chi connectivity index (χ2v) is 5.11. The van der Waals surface area contributed by atoms with Gasteiger partial charge in [-0.25, -0.2) is 22.5 Å². The molecule has 1 aromatic carbocycles. The van der Waals surface area contributed by atoms with Crippen LogP contribution in [0.2, 0.25) is 0 Å². The first kappa shape index (κ1) is 16.0. The Hall–Kier alpha value is -1.34. The first-order valence-corrected chi connectivity index (χ1v) is 6.69. The molecule has 0 saturated heterocycles. The molecule has 2 aromatic rings. The van der Waals surface area contributed by atoms with Crippen molar-refractivity contribution >= 4 is 22.6 Å². The second-order valence-electron chi connectivity index (χ2n) is 4.46. The van der Waals surface area contributed by atoms with Crippen molar-refractivity contribution in [3.63, 3.8) is 0 Å². The SMILES string of the molecule is CC(Cl)c1nc2c(F)cc(F)cc2n1CCOCC(F)F. The first-order chi connectivity index (χ1) is 9.90. The van der Waals surface area contributed by atoms with Crippen molar-refractivity contribution < 1.29 is 22.3 Å². The van der Waals surface area contributed by atoms with Gasteiger partial charge in [0.1, 0.15) is 23.8 Å². The molecule has 1 atom stereocenters. The zero-order chi connectivity index (χ0) is 15.6. The number of alkyl halides is 3. The summed E-state index contributed by atoms with van der Waals surface area (Å²) in [5.74, 6) is -1.21. The van der Waals surface area contributed by atoms with Crippen molar-refractivity contribution in [3.8, 4) is 0 Å². The Morgan fingerprint density at radius 3 is 2.67 bits per heavy atom. The van der Waals surface area contributed by atoms with E-state index in [4.69, 9.17) is 16.3 Å². The smallest absolute Gasteiger partial charge is 0.261 e. The number of imidazole rings is 1. The highest BCUT2D eigenvalue weighted by molar-refractivity contribution is 6.20. The van der Waals surface area contributed by atoms with Crippen LogP contribution in [-0.4, -0.2) is 29.2 Å². The van der Waals surface area contributed by atoms with E-state index >= 15 is 0 Å². The molecular weight excluding hydrogens is 312 g/mol. The molecule has 3 nitrogen and oxygen atoms in total.